The minimum Gasteiger partial charge on any atom is -0.397 e. The first-order valence-electron chi connectivity index (χ1n) is 7.75. The number of nitrogens with zero attached hydrogens (tertiary/aromatic N) is 1. The van der Waals surface area contributed by atoms with Crippen molar-refractivity contribution in [2.24, 2.45) is 0 Å². The summed E-state index contributed by atoms with van der Waals surface area (Å²) in [5.74, 6) is -0.349. The summed E-state index contributed by atoms with van der Waals surface area (Å²) < 4.78 is 0. The number of amides is 1. The highest BCUT2D eigenvalue weighted by Crippen LogP contribution is 2.34. The number of nitrogens with two attached hydrogens (primary N) is 1. The lowest BCUT2D eigenvalue weighted by Crippen LogP contribution is -2.26. The molecule has 0 spiro atoms. The van der Waals surface area contributed by atoms with Crippen molar-refractivity contribution in [2.75, 3.05) is 12.3 Å². The first-order valence-corrected chi connectivity index (χ1v) is 8.56. The fourth-order valence-corrected chi connectivity index (χ4v) is 3.61. The third kappa shape index (κ3) is 4.17. The average molecular weight is 347 g/mol. The van der Waals surface area contributed by atoms with Gasteiger partial charge in [-0.3, -0.25) is 9.59 Å². The second-order valence-corrected chi connectivity index (χ2v) is 6.85. The molecule has 24 heavy (non-hydrogen) atoms. The topological polar surface area (TPSA) is 102 Å². The number of thiophene rings is 1. The van der Waals surface area contributed by atoms with Gasteiger partial charge in [-0.05, 0) is 32.4 Å². The maximum Gasteiger partial charge on any atom is 0.263 e. The maximum absolute atomic E-state index is 12.3. The lowest BCUT2D eigenvalue weighted by molar-refractivity contribution is -0.123. The van der Waals surface area contributed by atoms with E-state index < -0.39 is 0 Å². The normalized spacial score (nSPS) is 10.8. The van der Waals surface area contributed by atoms with Crippen LogP contribution in [0.2, 0.25) is 0 Å². The van der Waals surface area contributed by atoms with Crippen LogP contribution in [0.1, 0.15) is 47.1 Å². The van der Waals surface area contributed by atoms with Gasteiger partial charge < -0.3 is 15.8 Å². The van der Waals surface area contributed by atoms with Gasteiger partial charge in [0.25, 0.3) is 5.91 Å². The van der Waals surface area contributed by atoms with Crippen LogP contribution in [0.15, 0.2) is 6.07 Å². The van der Waals surface area contributed by atoms with E-state index in [4.69, 9.17) is 5.73 Å². The molecule has 0 bridgehead atoms. The van der Waals surface area contributed by atoms with E-state index in [1.165, 1.54) is 18.3 Å². The van der Waals surface area contributed by atoms with Gasteiger partial charge in [-0.25, -0.2) is 4.98 Å². The van der Waals surface area contributed by atoms with Gasteiger partial charge >= 0.3 is 0 Å². The summed E-state index contributed by atoms with van der Waals surface area (Å²) in [7, 11) is 0. The third-order valence-electron chi connectivity index (χ3n) is 3.68. The van der Waals surface area contributed by atoms with E-state index in [1.54, 1.807) is 0 Å². The van der Waals surface area contributed by atoms with Crippen molar-refractivity contribution < 1.29 is 14.4 Å². The molecule has 0 atom stereocenters. The molecular formula is C17H21N3O3S. The van der Waals surface area contributed by atoms with E-state index in [-0.39, 0.29) is 43.3 Å². The number of pyridine rings is 1. The number of hydrogen-bond acceptors (Lipinski definition) is 6. The molecule has 0 saturated heterocycles. The summed E-state index contributed by atoms with van der Waals surface area (Å²) in [4.78, 5) is 40.4. The standard InChI is InChI=1S/C17H21N3O3S/c1-9-8-10(2)20-17-13(9)14(18)15(24-17)16(23)19-7-6-12(22)5-4-11(3)21/h8H,4-7,18H2,1-3H3,(H,19,23). The fraction of sp³-hybridized carbons (Fsp3) is 0.412. The first-order chi connectivity index (χ1) is 11.3. The van der Waals surface area contributed by atoms with Crippen molar-refractivity contribution >= 4 is 44.7 Å². The number of nitrogen functional groups attached to an aromatic ring is 1. The molecular weight excluding hydrogens is 326 g/mol. The molecule has 2 aromatic heterocycles. The zero-order valence-electron chi connectivity index (χ0n) is 14.1. The summed E-state index contributed by atoms with van der Waals surface area (Å²) >= 11 is 1.26. The number of fused-ring (bicyclic) bond motifs is 1. The minimum absolute atomic E-state index is 0.0106. The van der Waals surface area contributed by atoms with Crippen molar-refractivity contribution in [3.05, 3.63) is 22.2 Å². The number of ketones is 2. The minimum atomic E-state index is -0.299. The van der Waals surface area contributed by atoms with Crippen LogP contribution in [-0.2, 0) is 9.59 Å². The monoisotopic (exact) mass is 347 g/mol. The Morgan fingerprint density at radius 2 is 1.92 bits per heavy atom. The molecule has 0 aliphatic rings. The Bertz CT molecular complexity index is 811. The van der Waals surface area contributed by atoms with Crippen LogP contribution in [0.5, 0.6) is 0 Å². The van der Waals surface area contributed by atoms with Crippen molar-refractivity contribution in [2.45, 2.75) is 40.0 Å². The van der Waals surface area contributed by atoms with E-state index in [1.807, 2.05) is 19.9 Å². The van der Waals surface area contributed by atoms with Gasteiger partial charge in [0.2, 0.25) is 0 Å². The van der Waals surface area contributed by atoms with E-state index >= 15 is 0 Å². The predicted molar refractivity (Wildman–Crippen MR) is 95.4 cm³/mol. The Hall–Kier alpha value is -2.28. The summed E-state index contributed by atoms with van der Waals surface area (Å²) in [5, 5.41) is 3.52. The van der Waals surface area contributed by atoms with E-state index in [0.717, 1.165) is 21.5 Å². The quantitative estimate of drug-likeness (QED) is 0.801. The zero-order chi connectivity index (χ0) is 17.9. The van der Waals surface area contributed by atoms with E-state index in [0.29, 0.717) is 10.6 Å². The van der Waals surface area contributed by atoms with Gasteiger partial charge in [0.1, 0.15) is 21.3 Å². The van der Waals surface area contributed by atoms with Gasteiger partial charge in [-0.15, -0.1) is 11.3 Å². The summed E-state index contributed by atoms with van der Waals surface area (Å²) in [6, 6.07) is 1.93. The SMILES string of the molecule is CC(=O)CCC(=O)CCNC(=O)c1sc2nc(C)cc(C)c2c1N. The highest BCUT2D eigenvalue weighted by atomic mass is 32.1. The summed E-state index contributed by atoms with van der Waals surface area (Å²) in [5.41, 5.74) is 8.41. The molecule has 0 fully saturated rings. The van der Waals surface area contributed by atoms with Gasteiger partial charge in [-0.1, -0.05) is 0 Å². The van der Waals surface area contributed by atoms with Crippen molar-refractivity contribution in [3.63, 3.8) is 0 Å². The number of aryl methyl sites for hydroxylation is 2. The van der Waals surface area contributed by atoms with Crippen LogP contribution in [0, 0.1) is 13.8 Å². The van der Waals surface area contributed by atoms with Gasteiger partial charge in [0.15, 0.2) is 0 Å². The number of hydrogen-bond donors (Lipinski definition) is 2. The number of carbonyl (C=O) groups is 3. The van der Waals surface area contributed by atoms with Crippen molar-refractivity contribution in [1.29, 1.82) is 0 Å². The Balaban J connectivity index is 2.02. The van der Waals surface area contributed by atoms with Gasteiger partial charge in [0, 0.05) is 36.9 Å². The number of aromatic nitrogens is 1. The smallest absolute Gasteiger partial charge is 0.263 e. The van der Waals surface area contributed by atoms with E-state index in [2.05, 4.69) is 10.3 Å². The van der Waals surface area contributed by atoms with Gasteiger partial charge in [0.05, 0.1) is 5.69 Å². The molecule has 2 rings (SSSR count). The van der Waals surface area contributed by atoms with Crippen LogP contribution in [0.25, 0.3) is 10.2 Å². The molecule has 0 aliphatic heterocycles. The second-order valence-electron chi connectivity index (χ2n) is 5.85. The molecule has 3 N–H and O–H groups in total. The Morgan fingerprint density at radius 1 is 1.21 bits per heavy atom. The van der Waals surface area contributed by atoms with E-state index in [9.17, 15) is 14.4 Å². The number of carbonyl (C=O) groups excluding carboxylic acids is 3. The molecule has 0 radical (unpaired) electrons. The van der Waals surface area contributed by atoms with Crippen molar-refractivity contribution in [3.8, 4) is 0 Å². The van der Waals surface area contributed by atoms with Crippen LogP contribution >= 0.6 is 11.3 Å². The molecule has 0 aliphatic carbocycles. The predicted octanol–water partition coefficient (Wildman–Crippen LogP) is 2.55. The molecule has 0 aromatic carbocycles. The lowest BCUT2D eigenvalue weighted by atomic mass is 10.1. The number of rotatable bonds is 7. The van der Waals surface area contributed by atoms with Crippen LogP contribution in [0.3, 0.4) is 0 Å². The largest absolute Gasteiger partial charge is 0.397 e. The van der Waals surface area contributed by atoms with Crippen LogP contribution in [-0.4, -0.2) is 29.0 Å². The molecule has 128 valence electrons. The second kappa shape index (κ2) is 7.53. The highest BCUT2D eigenvalue weighted by molar-refractivity contribution is 7.21. The molecule has 6 nitrogen and oxygen atoms in total. The Labute approximate surface area is 144 Å². The highest BCUT2D eigenvalue weighted by Gasteiger charge is 2.18. The maximum atomic E-state index is 12.3. The number of Topliss-reactive ketones (excluding diaryl/α,β-unsaturated/α-hetero) is 2. The third-order valence-corrected chi connectivity index (χ3v) is 4.77. The first kappa shape index (κ1) is 18.1. The Kier molecular flexibility index (Phi) is 5.66. The molecule has 2 heterocycles. The molecule has 2 aromatic rings. The number of nitrogens with one attached hydrogen (secondary N) is 1. The summed E-state index contributed by atoms with van der Waals surface area (Å²) in [6.45, 7) is 5.52. The molecule has 0 saturated carbocycles. The zero-order valence-corrected chi connectivity index (χ0v) is 14.9. The fourth-order valence-electron chi connectivity index (χ4n) is 2.47. The van der Waals surface area contributed by atoms with Crippen LogP contribution in [0.4, 0.5) is 5.69 Å². The summed E-state index contributed by atoms with van der Waals surface area (Å²) in [6.07, 6.45) is 0.680. The Morgan fingerprint density at radius 3 is 2.58 bits per heavy atom. The van der Waals surface area contributed by atoms with Crippen LogP contribution < -0.4 is 11.1 Å². The molecule has 0 unspecified atom stereocenters. The molecule has 7 heteroatoms. The average Bonchev–Trinajstić information content (AvgIpc) is 2.82. The molecule has 1 amide bonds. The van der Waals surface area contributed by atoms with Gasteiger partial charge in [-0.2, -0.15) is 0 Å². The lowest BCUT2D eigenvalue weighted by Gasteiger charge is -2.04. The van der Waals surface area contributed by atoms with Crippen molar-refractivity contribution in [1.82, 2.24) is 10.3 Å². The number of anilines is 1.